The van der Waals surface area contributed by atoms with Crippen molar-refractivity contribution in [2.45, 2.75) is 6.92 Å². The predicted molar refractivity (Wildman–Crippen MR) is 104 cm³/mol. The van der Waals surface area contributed by atoms with Gasteiger partial charge >= 0.3 is 0 Å². The highest BCUT2D eigenvalue weighted by Crippen LogP contribution is 2.28. The Morgan fingerprint density at radius 3 is 2.36 bits per heavy atom. The first-order valence-electron chi connectivity index (χ1n) is 8.51. The number of hydrogen-bond acceptors (Lipinski definition) is 5. The van der Waals surface area contributed by atoms with E-state index in [4.69, 9.17) is 15.2 Å². The van der Waals surface area contributed by atoms with E-state index in [1.54, 1.807) is 12.1 Å². The molecule has 2 aromatic rings. The monoisotopic (exact) mass is 385 g/mol. The zero-order chi connectivity index (χ0) is 20.7. The number of hydrogen-bond donors (Lipinski definition) is 2. The van der Waals surface area contributed by atoms with Crippen molar-refractivity contribution < 1.29 is 23.9 Å². The van der Waals surface area contributed by atoms with E-state index in [1.165, 1.54) is 37.3 Å². The summed E-state index contributed by atoms with van der Waals surface area (Å²) in [6.07, 6.45) is 0. The lowest BCUT2D eigenvalue weighted by atomic mass is 10.1. The Balaban J connectivity index is 2.02. The van der Waals surface area contributed by atoms with Crippen LogP contribution in [-0.4, -0.2) is 49.9 Å². The fourth-order valence-electron chi connectivity index (χ4n) is 2.41. The Morgan fingerprint density at radius 2 is 1.75 bits per heavy atom. The minimum atomic E-state index is -0.624. The van der Waals surface area contributed by atoms with Gasteiger partial charge in [-0.05, 0) is 37.3 Å². The Kier molecular flexibility index (Phi) is 6.97. The van der Waals surface area contributed by atoms with Crippen LogP contribution in [0.25, 0.3) is 0 Å². The van der Waals surface area contributed by atoms with Gasteiger partial charge in [-0.2, -0.15) is 0 Å². The molecule has 8 nitrogen and oxygen atoms in total. The molecule has 28 heavy (non-hydrogen) atoms. The average Bonchev–Trinajstić information content (AvgIpc) is 2.67. The quantitative estimate of drug-likeness (QED) is 0.717. The molecule has 0 aliphatic heterocycles. The van der Waals surface area contributed by atoms with Gasteiger partial charge in [-0.15, -0.1) is 0 Å². The lowest BCUT2D eigenvalue weighted by Crippen LogP contribution is -2.34. The summed E-state index contributed by atoms with van der Waals surface area (Å²) in [5.41, 5.74) is 7.12. The second-order valence-corrected chi connectivity index (χ2v) is 6.20. The lowest BCUT2D eigenvalue weighted by Gasteiger charge is -2.18. The van der Waals surface area contributed by atoms with E-state index in [1.807, 2.05) is 19.1 Å². The van der Waals surface area contributed by atoms with Crippen molar-refractivity contribution in [2.24, 2.45) is 5.73 Å². The number of nitrogens with two attached hydrogens (primary N) is 1. The minimum Gasteiger partial charge on any atom is -0.493 e. The summed E-state index contributed by atoms with van der Waals surface area (Å²) in [6.45, 7) is 1.54. The molecule has 0 aliphatic carbocycles. The number of likely N-dealkylation sites (N-methyl/N-ethyl adjacent to an activating group) is 1. The molecular formula is C20H23N3O5. The number of amides is 3. The summed E-state index contributed by atoms with van der Waals surface area (Å²) in [6, 6.07) is 11.9. The van der Waals surface area contributed by atoms with Crippen LogP contribution in [0.2, 0.25) is 0 Å². The third-order valence-electron chi connectivity index (χ3n) is 3.84. The molecule has 0 heterocycles. The molecular weight excluding hydrogens is 362 g/mol. The molecule has 0 spiro atoms. The van der Waals surface area contributed by atoms with Crippen LogP contribution in [0.1, 0.15) is 15.9 Å². The van der Waals surface area contributed by atoms with E-state index in [0.29, 0.717) is 11.3 Å². The van der Waals surface area contributed by atoms with Crippen LogP contribution in [0.5, 0.6) is 11.5 Å². The maximum absolute atomic E-state index is 12.6. The summed E-state index contributed by atoms with van der Waals surface area (Å²) < 4.78 is 10.4. The molecule has 0 unspecified atom stereocenters. The van der Waals surface area contributed by atoms with E-state index in [9.17, 15) is 14.4 Å². The van der Waals surface area contributed by atoms with Crippen molar-refractivity contribution in [2.75, 3.05) is 32.6 Å². The van der Waals surface area contributed by atoms with Crippen LogP contribution in [0.4, 0.5) is 5.69 Å². The fraction of sp³-hybridized carbons (Fsp3) is 0.250. The van der Waals surface area contributed by atoms with Crippen molar-refractivity contribution in [1.29, 1.82) is 0 Å². The van der Waals surface area contributed by atoms with Crippen molar-refractivity contribution in [3.63, 3.8) is 0 Å². The summed E-state index contributed by atoms with van der Waals surface area (Å²) in [7, 11) is 2.94. The molecule has 2 aromatic carbocycles. The topological polar surface area (TPSA) is 111 Å². The number of nitrogens with zero attached hydrogens (tertiary/aromatic N) is 1. The molecule has 0 atom stereocenters. The van der Waals surface area contributed by atoms with Crippen LogP contribution < -0.4 is 20.5 Å². The Bertz CT molecular complexity index is 865. The van der Waals surface area contributed by atoms with Crippen molar-refractivity contribution in [3.05, 3.63) is 53.6 Å². The van der Waals surface area contributed by atoms with Gasteiger partial charge in [0.15, 0.2) is 18.1 Å². The number of aryl methyl sites for hydroxylation is 1. The number of ether oxygens (including phenoxy) is 2. The van der Waals surface area contributed by atoms with E-state index >= 15 is 0 Å². The van der Waals surface area contributed by atoms with E-state index in [-0.39, 0.29) is 36.5 Å². The van der Waals surface area contributed by atoms with Gasteiger partial charge < -0.3 is 25.4 Å². The van der Waals surface area contributed by atoms with Gasteiger partial charge in [-0.25, -0.2) is 0 Å². The fourth-order valence-corrected chi connectivity index (χ4v) is 2.41. The Labute approximate surface area is 163 Å². The largest absolute Gasteiger partial charge is 0.493 e. The molecule has 0 bridgehead atoms. The maximum atomic E-state index is 12.6. The standard InChI is InChI=1S/C20H23N3O5/c1-13-4-7-15(8-5-13)22-19(25)11-23(2)20(26)14-6-9-16(17(10-14)27-3)28-12-18(21)24/h4-10H,11-12H2,1-3H3,(H2,21,24)(H,22,25). The third kappa shape index (κ3) is 5.73. The van der Waals surface area contributed by atoms with Gasteiger partial charge in [-0.1, -0.05) is 17.7 Å². The van der Waals surface area contributed by atoms with Crippen LogP contribution in [-0.2, 0) is 9.59 Å². The lowest BCUT2D eigenvalue weighted by molar-refractivity contribution is -0.120. The van der Waals surface area contributed by atoms with E-state index < -0.39 is 5.91 Å². The van der Waals surface area contributed by atoms with Crippen LogP contribution in [0.15, 0.2) is 42.5 Å². The first-order chi connectivity index (χ1) is 13.3. The predicted octanol–water partition coefficient (Wildman–Crippen LogP) is 1.58. The summed E-state index contributed by atoms with van der Waals surface area (Å²) in [5.74, 6) is -0.726. The van der Waals surface area contributed by atoms with Crippen LogP contribution in [0, 0.1) is 6.92 Å². The van der Waals surface area contributed by atoms with Gasteiger partial charge in [-0.3, -0.25) is 14.4 Å². The van der Waals surface area contributed by atoms with Gasteiger partial charge in [0, 0.05) is 18.3 Å². The third-order valence-corrected chi connectivity index (χ3v) is 3.84. The summed E-state index contributed by atoms with van der Waals surface area (Å²) >= 11 is 0. The van der Waals surface area contributed by atoms with Crippen molar-refractivity contribution in [1.82, 2.24) is 4.90 Å². The van der Waals surface area contributed by atoms with Gasteiger partial charge in [0.05, 0.1) is 13.7 Å². The van der Waals surface area contributed by atoms with Gasteiger partial charge in [0.1, 0.15) is 0 Å². The number of primary amides is 1. The number of methoxy groups -OCH3 is 1. The molecule has 0 saturated carbocycles. The second-order valence-electron chi connectivity index (χ2n) is 6.20. The smallest absolute Gasteiger partial charge is 0.255 e. The Morgan fingerprint density at radius 1 is 1.07 bits per heavy atom. The first kappa shape index (κ1) is 20.8. The van der Waals surface area contributed by atoms with Gasteiger partial charge in [0.25, 0.3) is 11.8 Å². The first-order valence-corrected chi connectivity index (χ1v) is 8.51. The molecule has 0 aliphatic rings. The minimum absolute atomic E-state index is 0.116. The van der Waals surface area contributed by atoms with Gasteiger partial charge in [0.2, 0.25) is 5.91 Å². The zero-order valence-corrected chi connectivity index (χ0v) is 16.0. The second kappa shape index (κ2) is 9.40. The highest BCUT2D eigenvalue weighted by atomic mass is 16.5. The Hall–Kier alpha value is -3.55. The summed E-state index contributed by atoms with van der Waals surface area (Å²) in [4.78, 5) is 36.9. The number of benzene rings is 2. The van der Waals surface area contributed by atoms with Crippen molar-refractivity contribution in [3.8, 4) is 11.5 Å². The molecule has 8 heteroatoms. The van der Waals surface area contributed by atoms with E-state index in [0.717, 1.165) is 5.56 Å². The maximum Gasteiger partial charge on any atom is 0.255 e. The molecule has 0 fully saturated rings. The average molecular weight is 385 g/mol. The highest BCUT2D eigenvalue weighted by Gasteiger charge is 2.17. The molecule has 3 N–H and O–H groups in total. The van der Waals surface area contributed by atoms with Crippen molar-refractivity contribution >= 4 is 23.4 Å². The number of carbonyl (C=O) groups excluding carboxylic acids is 3. The normalized spacial score (nSPS) is 10.1. The summed E-state index contributed by atoms with van der Waals surface area (Å²) in [5, 5.41) is 2.74. The van der Waals surface area contributed by atoms with Crippen LogP contribution >= 0.6 is 0 Å². The molecule has 0 radical (unpaired) electrons. The number of nitrogens with one attached hydrogen (secondary N) is 1. The molecule has 148 valence electrons. The number of carbonyl (C=O) groups is 3. The number of rotatable bonds is 8. The molecule has 0 saturated heterocycles. The highest BCUT2D eigenvalue weighted by molar-refractivity contribution is 5.99. The van der Waals surface area contributed by atoms with E-state index in [2.05, 4.69) is 5.32 Å². The number of anilines is 1. The molecule has 2 rings (SSSR count). The van der Waals surface area contributed by atoms with Crippen LogP contribution in [0.3, 0.4) is 0 Å². The zero-order valence-electron chi connectivity index (χ0n) is 16.0. The molecule has 0 aromatic heterocycles. The molecule has 3 amide bonds. The SMILES string of the molecule is COc1cc(C(=O)N(C)CC(=O)Nc2ccc(C)cc2)ccc1OCC(N)=O.